The second kappa shape index (κ2) is 13.4. The van der Waals surface area contributed by atoms with E-state index in [0.29, 0.717) is 5.69 Å². The van der Waals surface area contributed by atoms with Crippen molar-refractivity contribution < 1.29 is 39.0 Å². The molecule has 15 nitrogen and oxygen atoms in total. The van der Waals surface area contributed by atoms with Crippen LogP contribution in [0.3, 0.4) is 0 Å². The quantitative estimate of drug-likeness (QED) is 0.126. The van der Waals surface area contributed by atoms with Crippen LogP contribution >= 0.6 is 0 Å². The van der Waals surface area contributed by atoms with Gasteiger partial charge in [-0.3, -0.25) is 24.0 Å². The summed E-state index contributed by atoms with van der Waals surface area (Å²) in [5, 5.41) is 25.0. The average Bonchev–Trinajstić information content (AvgIpc) is 3.25. The highest BCUT2D eigenvalue weighted by molar-refractivity contribution is 5.92. The molecule has 4 amide bonds. The summed E-state index contributed by atoms with van der Waals surface area (Å²) < 4.78 is 0. The van der Waals surface area contributed by atoms with Gasteiger partial charge >= 0.3 is 11.9 Å². The predicted molar refractivity (Wildman–Crippen MR) is 110 cm³/mol. The minimum atomic E-state index is -1.38. The van der Waals surface area contributed by atoms with E-state index in [-0.39, 0.29) is 25.7 Å². The molecule has 1 aromatic rings. The number of rotatable bonds is 15. The van der Waals surface area contributed by atoms with Crippen molar-refractivity contribution in [3.8, 4) is 0 Å². The van der Waals surface area contributed by atoms with Crippen LogP contribution in [-0.4, -0.2) is 80.4 Å². The van der Waals surface area contributed by atoms with E-state index < -0.39 is 66.7 Å². The van der Waals surface area contributed by atoms with Crippen molar-refractivity contribution in [1.29, 1.82) is 0 Å². The zero-order chi connectivity index (χ0) is 25.0. The number of H-pyrrole nitrogens is 1. The van der Waals surface area contributed by atoms with Crippen LogP contribution in [0.2, 0.25) is 0 Å². The molecule has 0 fully saturated rings. The molecule has 0 bridgehead atoms. The Morgan fingerprint density at radius 3 is 2.24 bits per heavy atom. The molecule has 3 unspecified atom stereocenters. The Bertz CT molecular complexity index is 858. The van der Waals surface area contributed by atoms with Gasteiger partial charge in [0.15, 0.2) is 0 Å². The smallest absolute Gasteiger partial charge is 0.326 e. The molecule has 0 aromatic carbocycles. The number of hydrogen-bond donors (Lipinski definition) is 8. The highest BCUT2D eigenvalue weighted by Gasteiger charge is 2.28. The number of imidazole rings is 1. The normalized spacial score (nSPS) is 13.2. The molecule has 0 spiro atoms. The SMILES string of the molecule is NC(=O)CCC(N)C(=O)NCC(=O)NC(CCC(=O)O)C(=O)NC(Cc1cnc[nH]1)C(=O)O. The lowest BCUT2D eigenvalue weighted by Crippen LogP contribution is -2.54. The fourth-order valence-electron chi connectivity index (χ4n) is 2.60. The molecule has 15 heteroatoms. The Hall–Kier alpha value is -4.01. The maximum absolute atomic E-state index is 12.6. The number of carboxylic acids is 2. The molecule has 1 heterocycles. The lowest BCUT2D eigenvalue weighted by Gasteiger charge is -2.21. The van der Waals surface area contributed by atoms with E-state index in [4.69, 9.17) is 16.6 Å². The molecule has 33 heavy (non-hydrogen) atoms. The van der Waals surface area contributed by atoms with Gasteiger partial charge in [0.25, 0.3) is 0 Å². The van der Waals surface area contributed by atoms with Gasteiger partial charge in [-0.2, -0.15) is 0 Å². The van der Waals surface area contributed by atoms with Crippen molar-refractivity contribution in [2.24, 2.45) is 11.5 Å². The first-order valence-electron chi connectivity index (χ1n) is 9.82. The predicted octanol–water partition coefficient (Wildman–Crippen LogP) is -3.42. The number of carbonyl (C=O) groups excluding carboxylic acids is 4. The van der Waals surface area contributed by atoms with E-state index in [1.807, 2.05) is 0 Å². The minimum Gasteiger partial charge on any atom is -0.481 e. The number of primary amides is 1. The molecule has 0 saturated carbocycles. The van der Waals surface area contributed by atoms with Gasteiger partial charge in [0.2, 0.25) is 23.6 Å². The number of carbonyl (C=O) groups is 6. The summed E-state index contributed by atoms with van der Waals surface area (Å²) in [4.78, 5) is 76.2. The van der Waals surface area contributed by atoms with Crippen LogP contribution in [-0.2, 0) is 35.2 Å². The van der Waals surface area contributed by atoms with E-state index in [1.54, 1.807) is 0 Å². The lowest BCUT2D eigenvalue weighted by atomic mass is 10.1. The van der Waals surface area contributed by atoms with Crippen molar-refractivity contribution in [3.05, 3.63) is 18.2 Å². The van der Waals surface area contributed by atoms with Gasteiger partial charge in [-0.25, -0.2) is 9.78 Å². The Kier molecular flexibility index (Phi) is 11.0. The summed E-state index contributed by atoms with van der Waals surface area (Å²) in [7, 11) is 0. The molecular weight excluding hydrogens is 442 g/mol. The van der Waals surface area contributed by atoms with Crippen LogP contribution in [0.15, 0.2) is 12.5 Å². The molecule has 182 valence electrons. The first kappa shape index (κ1) is 27.0. The molecule has 10 N–H and O–H groups in total. The van der Waals surface area contributed by atoms with Gasteiger partial charge in [-0.15, -0.1) is 0 Å². The summed E-state index contributed by atoms with van der Waals surface area (Å²) in [5.74, 6) is -5.71. The largest absolute Gasteiger partial charge is 0.481 e. The molecule has 0 aliphatic rings. The van der Waals surface area contributed by atoms with Gasteiger partial charge in [0.05, 0.1) is 18.9 Å². The Morgan fingerprint density at radius 2 is 1.70 bits per heavy atom. The Morgan fingerprint density at radius 1 is 1.00 bits per heavy atom. The van der Waals surface area contributed by atoms with Crippen molar-refractivity contribution in [2.45, 2.75) is 50.2 Å². The van der Waals surface area contributed by atoms with E-state index >= 15 is 0 Å². The first-order chi connectivity index (χ1) is 15.5. The van der Waals surface area contributed by atoms with Crippen molar-refractivity contribution >= 4 is 35.6 Å². The number of hydrogen-bond acceptors (Lipinski definition) is 8. The van der Waals surface area contributed by atoms with Gasteiger partial charge in [-0.1, -0.05) is 0 Å². The maximum Gasteiger partial charge on any atom is 0.326 e. The molecule has 1 rings (SSSR count). The summed E-state index contributed by atoms with van der Waals surface area (Å²) in [6.45, 7) is -0.587. The molecule has 0 radical (unpaired) electrons. The molecular formula is C18H27N7O8. The van der Waals surface area contributed by atoms with Crippen molar-refractivity contribution in [1.82, 2.24) is 25.9 Å². The monoisotopic (exact) mass is 469 g/mol. The lowest BCUT2D eigenvalue weighted by molar-refractivity contribution is -0.143. The van der Waals surface area contributed by atoms with Crippen LogP contribution in [0.1, 0.15) is 31.4 Å². The molecule has 0 aliphatic carbocycles. The summed E-state index contributed by atoms with van der Waals surface area (Å²) in [5.41, 5.74) is 11.0. The van der Waals surface area contributed by atoms with E-state index in [0.717, 1.165) is 0 Å². The van der Waals surface area contributed by atoms with E-state index in [9.17, 15) is 33.9 Å². The molecule has 0 saturated heterocycles. The van der Waals surface area contributed by atoms with Crippen LogP contribution in [0.5, 0.6) is 0 Å². The molecule has 0 aliphatic heterocycles. The number of aromatic amines is 1. The number of amides is 4. The number of carboxylic acid groups (broad SMARTS) is 2. The number of aromatic nitrogens is 2. The van der Waals surface area contributed by atoms with Crippen LogP contribution < -0.4 is 27.4 Å². The van der Waals surface area contributed by atoms with Gasteiger partial charge in [0, 0.05) is 31.2 Å². The average molecular weight is 469 g/mol. The number of nitrogens with two attached hydrogens (primary N) is 2. The summed E-state index contributed by atoms with van der Waals surface area (Å²) in [6, 6.07) is -3.84. The second-order valence-electron chi connectivity index (χ2n) is 7.06. The fourth-order valence-corrected chi connectivity index (χ4v) is 2.60. The Labute approximate surface area is 187 Å². The second-order valence-corrected chi connectivity index (χ2v) is 7.06. The maximum atomic E-state index is 12.6. The van der Waals surface area contributed by atoms with Crippen LogP contribution in [0, 0.1) is 0 Å². The Balaban J connectivity index is 2.70. The highest BCUT2D eigenvalue weighted by Crippen LogP contribution is 2.03. The topological polar surface area (TPSA) is 260 Å². The number of nitrogens with one attached hydrogen (secondary N) is 4. The standard InChI is InChI=1S/C18H27N7O8/c19-10(1-3-13(20)26)16(30)22-7-14(27)24-11(2-4-15(28)29)17(31)25-12(18(32)33)5-9-6-21-8-23-9/h6,8,10-12H,1-5,7,19H2,(H2,20,26)(H,21,23)(H,22,30)(H,24,27)(H,25,31)(H,28,29)(H,32,33). The first-order valence-corrected chi connectivity index (χ1v) is 9.82. The van der Waals surface area contributed by atoms with Gasteiger partial charge in [0.1, 0.15) is 12.1 Å². The third-order valence-electron chi connectivity index (χ3n) is 4.35. The van der Waals surface area contributed by atoms with E-state index in [1.165, 1.54) is 12.5 Å². The molecule has 1 aromatic heterocycles. The van der Waals surface area contributed by atoms with Gasteiger partial charge < -0.3 is 42.6 Å². The third kappa shape index (κ3) is 10.7. The van der Waals surface area contributed by atoms with Crippen LogP contribution in [0.4, 0.5) is 0 Å². The van der Waals surface area contributed by atoms with Gasteiger partial charge in [-0.05, 0) is 12.8 Å². The van der Waals surface area contributed by atoms with Crippen molar-refractivity contribution in [2.75, 3.05) is 6.54 Å². The van der Waals surface area contributed by atoms with Crippen LogP contribution in [0.25, 0.3) is 0 Å². The summed E-state index contributed by atoms with van der Waals surface area (Å²) >= 11 is 0. The highest BCUT2D eigenvalue weighted by atomic mass is 16.4. The number of nitrogens with zero attached hydrogens (tertiary/aromatic N) is 1. The van der Waals surface area contributed by atoms with E-state index in [2.05, 4.69) is 25.9 Å². The molecule has 3 atom stereocenters. The zero-order valence-corrected chi connectivity index (χ0v) is 17.6. The zero-order valence-electron chi connectivity index (χ0n) is 17.6. The fraction of sp³-hybridized carbons (Fsp3) is 0.500. The summed E-state index contributed by atoms with van der Waals surface area (Å²) in [6.07, 6.45) is 1.62. The third-order valence-corrected chi connectivity index (χ3v) is 4.35. The minimum absolute atomic E-state index is 0.0284. The van der Waals surface area contributed by atoms with Crippen molar-refractivity contribution in [3.63, 3.8) is 0 Å². The number of aliphatic carboxylic acids is 2.